The third-order valence-corrected chi connectivity index (χ3v) is 3.90. The van der Waals surface area contributed by atoms with Gasteiger partial charge in [-0.2, -0.15) is 4.68 Å². The summed E-state index contributed by atoms with van der Waals surface area (Å²) in [5, 5.41) is 15.1. The van der Waals surface area contributed by atoms with E-state index in [1.165, 1.54) is 11.1 Å². The fourth-order valence-corrected chi connectivity index (χ4v) is 2.53. The van der Waals surface area contributed by atoms with Gasteiger partial charge in [0, 0.05) is 12.2 Å². The number of rotatable bonds is 6. The summed E-state index contributed by atoms with van der Waals surface area (Å²) < 4.78 is 7.09. The number of anilines is 1. The molecular formula is C18H21N5O. The van der Waals surface area contributed by atoms with Crippen molar-refractivity contribution >= 4 is 5.69 Å². The Morgan fingerprint density at radius 3 is 2.54 bits per heavy atom. The average molecular weight is 323 g/mol. The first-order chi connectivity index (χ1) is 11.7. The van der Waals surface area contributed by atoms with E-state index in [-0.39, 0.29) is 0 Å². The fraction of sp³-hybridized carbons (Fsp3) is 0.278. The van der Waals surface area contributed by atoms with Crippen molar-refractivity contribution in [2.45, 2.75) is 20.3 Å². The topological polar surface area (TPSA) is 64.9 Å². The predicted molar refractivity (Wildman–Crippen MR) is 93.8 cm³/mol. The highest BCUT2D eigenvalue weighted by molar-refractivity contribution is 5.58. The molecule has 3 rings (SSSR count). The number of ether oxygens (including phenoxy) is 1. The molecule has 6 heteroatoms. The normalized spacial score (nSPS) is 10.6. The monoisotopic (exact) mass is 323 g/mol. The van der Waals surface area contributed by atoms with E-state index in [0.29, 0.717) is 5.82 Å². The van der Waals surface area contributed by atoms with Crippen LogP contribution in [0.3, 0.4) is 0 Å². The summed E-state index contributed by atoms with van der Waals surface area (Å²) >= 11 is 0. The predicted octanol–water partition coefficient (Wildman–Crippen LogP) is 2.94. The van der Waals surface area contributed by atoms with Gasteiger partial charge in [-0.1, -0.05) is 29.8 Å². The van der Waals surface area contributed by atoms with Crippen molar-refractivity contribution in [3.63, 3.8) is 0 Å². The number of aryl methyl sites for hydroxylation is 2. The Balaban J connectivity index is 1.72. The Kier molecular flexibility index (Phi) is 4.74. The van der Waals surface area contributed by atoms with Gasteiger partial charge in [-0.15, -0.1) is 5.10 Å². The molecule has 0 aliphatic heterocycles. The number of tetrazole rings is 1. The highest BCUT2D eigenvalue weighted by atomic mass is 16.5. The van der Waals surface area contributed by atoms with Gasteiger partial charge >= 0.3 is 0 Å². The molecule has 1 N–H and O–H groups in total. The van der Waals surface area contributed by atoms with Crippen LogP contribution in [0.1, 0.15) is 17.0 Å². The molecule has 0 radical (unpaired) electrons. The zero-order chi connectivity index (χ0) is 16.9. The van der Waals surface area contributed by atoms with E-state index >= 15 is 0 Å². The molecule has 0 amide bonds. The van der Waals surface area contributed by atoms with Gasteiger partial charge in [-0.05, 0) is 54.5 Å². The Hall–Kier alpha value is -2.89. The number of hydrogen-bond acceptors (Lipinski definition) is 5. The molecule has 0 aliphatic carbocycles. The molecule has 124 valence electrons. The third-order valence-electron chi connectivity index (χ3n) is 3.90. The van der Waals surface area contributed by atoms with Crippen molar-refractivity contribution < 1.29 is 4.74 Å². The zero-order valence-electron chi connectivity index (χ0n) is 14.2. The summed E-state index contributed by atoms with van der Waals surface area (Å²) in [5.74, 6) is 1.44. The Bertz CT molecular complexity index is 811. The molecule has 6 nitrogen and oxygen atoms in total. The smallest absolute Gasteiger partial charge is 0.153 e. The second-order valence-electron chi connectivity index (χ2n) is 5.69. The maximum absolute atomic E-state index is 5.42. The van der Waals surface area contributed by atoms with Gasteiger partial charge in [0.25, 0.3) is 0 Å². The Morgan fingerprint density at radius 2 is 1.88 bits per heavy atom. The van der Waals surface area contributed by atoms with Crippen LogP contribution >= 0.6 is 0 Å². The molecule has 0 aliphatic rings. The molecule has 0 saturated heterocycles. The molecule has 1 aromatic heterocycles. The highest BCUT2D eigenvalue weighted by Crippen LogP contribution is 2.26. The summed E-state index contributed by atoms with van der Waals surface area (Å²) in [6, 6.07) is 14.5. The lowest BCUT2D eigenvalue weighted by Crippen LogP contribution is -2.07. The number of hydrogen-bond donors (Lipinski definition) is 1. The van der Waals surface area contributed by atoms with Gasteiger partial charge in [0.15, 0.2) is 5.82 Å². The Labute approximate surface area is 141 Å². The summed E-state index contributed by atoms with van der Waals surface area (Å²) in [6.45, 7) is 4.81. The van der Waals surface area contributed by atoms with Crippen molar-refractivity contribution in [3.8, 4) is 11.4 Å². The van der Waals surface area contributed by atoms with Gasteiger partial charge in [0.2, 0.25) is 0 Å². The number of nitrogens with zero attached hydrogens (tertiary/aromatic N) is 4. The molecule has 1 heterocycles. The maximum atomic E-state index is 5.42. The molecule has 0 fully saturated rings. The fourth-order valence-electron chi connectivity index (χ4n) is 2.53. The summed E-state index contributed by atoms with van der Waals surface area (Å²) in [4.78, 5) is 0. The first-order valence-corrected chi connectivity index (χ1v) is 7.90. The molecular weight excluding hydrogens is 302 g/mol. The van der Waals surface area contributed by atoms with Crippen LogP contribution in [0.2, 0.25) is 0 Å². The summed E-state index contributed by atoms with van der Waals surface area (Å²) in [5.41, 5.74) is 4.43. The minimum atomic E-state index is 0.713. The maximum Gasteiger partial charge on any atom is 0.153 e. The molecule has 2 aromatic carbocycles. The summed E-state index contributed by atoms with van der Waals surface area (Å²) in [7, 11) is 1.64. The van der Waals surface area contributed by atoms with Gasteiger partial charge in [-0.3, -0.25) is 0 Å². The molecule has 0 saturated carbocycles. The van der Waals surface area contributed by atoms with Crippen LogP contribution < -0.4 is 10.1 Å². The van der Waals surface area contributed by atoms with E-state index in [0.717, 1.165) is 30.1 Å². The molecule has 0 atom stereocenters. The molecule has 0 spiro atoms. The van der Waals surface area contributed by atoms with Gasteiger partial charge in [0.05, 0.1) is 7.11 Å². The van der Waals surface area contributed by atoms with Crippen LogP contribution in [-0.4, -0.2) is 33.9 Å². The van der Waals surface area contributed by atoms with E-state index in [9.17, 15) is 0 Å². The van der Waals surface area contributed by atoms with Gasteiger partial charge in [-0.25, -0.2) is 0 Å². The van der Waals surface area contributed by atoms with Crippen molar-refractivity contribution in [1.82, 2.24) is 20.2 Å². The Morgan fingerprint density at radius 1 is 1.08 bits per heavy atom. The first-order valence-electron chi connectivity index (χ1n) is 7.90. The van der Waals surface area contributed by atoms with E-state index in [2.05, 4.69) is 52.0 Å². The van der Waals surface area contributed by atoms with Crippen LogP contribution in [0.4, 0.5) is 5.69 Å². The minimum absolute atomic E-state index is 0.713. The van der Waals surface area contributed by atoms with Crippen molar-refractivity contribution in [1.29, 1.82) is 0 Å². The minimum Gasteiger partial charge on any atom is -0.494 e. The molecule has 24 heavy (non-hydrogen) atoms. The van der Waals surface area contributed by atoms with Crippen LogP contribution in [-0.2, 0) is 6.42 Å². The lowest BCUT2D eigenvalue weighted by Gasteiger charge is -2.12. The summed E-state index contributed by atoms with van der Waals surface area (Å²) in [6.07, 6.45) is 0.964. The van der Waals surface area contributed by atoms with Crippen molar-refractivity contribution in [3.05, 3.63) is 59.4 Å². The van der Waals surface area contributed by atoms with Crippen LogP contribution in [0.15, 0.2) is 42.5 Å². The van der Waals surface area contributed by atoms with E-state index in [4.69, 9.17) is 4.74 Å². The highest BCUT2D eigenvalue weighted by Gasteiger charge is 2.11. The average Bonchev–Trinajstić information content (AvgIpc) is 3.02. The van der Waals surface area contributed by atoms with Crippen molar-refractivity contribution in [2.24, 2.45) is 0 Å². The molecule has 0 bridgehead atoms. The van der Waals surface area contributed by atoms with E-state index in [1.54, 1.807) is 11.8 Å². The van der Waals surface area contributed by atoms with Crippen LogP contribution in [0.5, 0.6) is 5.75 Å². The van der Waals surface area contributed by atoms with E-state index < -0.39 is 0 Å². The van der Waals surface area contributed by atoms with E-state index in [1.807, 2.05) is 25.1 Å². The third kappa shape index (κ3) is 3.53. The van der Waals surface area contributed by atoms with Gasteiger partial charge in [0.1, 0.15) is 11.4 Å². The lowest BCUT2D eigenvalue weighted by molar-refractivity contribution is 0.411. The van der Waals surface area contributed by atoms with Crippen LogP contribution in [0, 0.1) is 13.8 Å². The lowest BCUT2D eigenvalue weighted by atomic mass is 10.1. The largest absolute Gasteiger partial charge is 0.494 e. The number of nitrogens with one attached hydrogen (secondary N) is 1. The second-order valence-corrected chi connectivity index (χ2v) is 5.69. The van der Waals surface area contributed by atoms with Crippen LogP contribution in [0.25, 0.3) is 5.69 Å². The van der Waals surface area contributed by atoms with Gasteiger partial charge < -0.3 is 10.1 Å². The zero-order valence-corrected chi connectivity index (χ0v) is 14.2. The molecule has 0 unspecified atom stereocenters. The number of benzene rings is 2. The quantitative estimate of drug-likeness (QED) is 0.755. The first kappa shape index (κ1) is 16.0. The number of aromatic nitrogens is 4. The molecule has 3 aromatic rings. The SMILES string of the molecule is COc1ccc(NCCc2ccc(C)cc2)cc1-n1nnnc1C. The van der Waals surface area contributed by atoms with Crippen molar-refractivity contribution in [2.75, 3.05) is 19.0 Å². The second kappa shape index (κ2) is 7.12. The standard InChI is InChI=1S/C18H21N5O/c1-13-4-6-15(7-5-13)10-11-19-16-8-9-18(24-3)17(12-16)23-14(2)20-21-22-23/h4-9,12,19H,10-11H2,1-3H3. The number of methoxy groups -OCH3 is 1.